The predicted molar refractivity (Wildman–Crippen MR) is 137 cm³/mol. The molecular formula is C30H35NO. The minimum atomic E-state index is -0.109. The van der Waals surface area contributed by atoms with Crippen molar-refractivity contribution in [3.05, 3.63) is 96.1 Å². The Labute approximate surface area is 193 Å². The van der Waals surface area contributed by atoms with Gasteiger partial charge in [0.15, 0.2) is 0 Å². The standard InChI is InChI=1S/C30H35NO/c1-4-6-7-9-24-11-15-26(16-12-24)28-19-20-29(23(3)22-28)27-17-13-25(14-18-27)10-8-21-31-30(32)5-2/h5,11-20,22H,2,4,6-10,21H2,1,3H3,(H,31,32). The molecule has 0 radical (unpaired) electrons. The molecule has 0 aliphatic rings. The lowest BCUT2D eigenvalue weighted by atomic mass is 9.94. The number of benzene rings is 3. The van der Waals surface area contributed by atoms with Crippen LogP contribution in [0.15, 0.2) is 79.4 Å². The van der Waals surface area contributed by atoms with Gasteiger partial charge in [-0.1, -0.05) is 93.1 Å². The summed E-state index contributed by atoms with van der Waals surface area (Å²) in [6.45, 7) is 8.58. The summed E-state index contributed by atoms with van der Waals surface area (Å²) in [4.78, 5) is 11.2. The molecule has 1 N–H and O–H groups in total. The average Bonchev–Trinajstić information content (AvgIpc) is 2.83. The van der Waals surface area contributed by atoms with Gasteiger partial charge in [0.25, 0.3) is 0 Å². The highest BCUT2D eigenvalue weighted by Crippen LogP contribution is 2.29. The molecule has 166 valence electrons. The third-order valence-electron chi connectivity index (χ3n) is 5.97. The zero-order chi connectivity index (χ0) is 22.8. The quantitative estimate of drug-likeness (QED) is 0.253. The maximum absolute atomic E-state index is 11.2. The van der Waals surface area contributed by atoms with E-state index in [2.05, 4.69) is 92.5 Å². The van der Waals surface area contributed by atoms with Crippen LogP contribution in [0.5, 0.6) is 0 Å². The van der Waals surface area contributed by atoms with Gasteiger partial charge < -0.3 is 5.32 Å². The summed E-state index contributed by atoms with van der Waals surface area (Å²) in [6.07, 6.45) is 8.19. The molecule has 0 saturated heterocycles. The van der Waals surface area contributed by atoms with E-state index in [0.717, 1.165) is 12.8 Å². The molecule has 0 atom stereocenters. The summed E-state index contributed by atoms with van der Waals surface area (Å²) >= 11 is 0. The third kappa shape index (κ3) is 6.68. The van der Waals surface area contributed by atoms with Gasteiger partial charge in [-0.05, 0) is 77.6 Å². The summed E-state index contributed by atoms with van der Waals surface area (Å²) in [7, 11) is 0. The number of amides is 1. The zero-order valence-electron chi connectivity index (χ0n) is 19.5. The number of carbonyl (C=O) groups excluding carboxylic acids is 1. The third-order valence-corrected chi connectivity index (χ3v) is 5.97. The van der Waals surface area contributed by atoms with E-state index in [9.17, 15) is 4.79 Å². The van der Waals surface area contributed by atoms with Crippen molar-refractivity contribution >= 4 is 5.91 Å². The van der Waals surface area contributed by atoms with Gasteiger partial charge in [-0.3, -0.25) is 4.79 Å². The van der Waals surface area contributed by atoms with Gasteiger partial charge in [0, 0.05) is 6.54 Å². The highest BCUT2D eigenvalue weighted by Gasteiger charge is 2.06. The Hall–Kier alpha value is -3.13. The maximum Gasteiger partial charge on any atom is 0.243 e. The lowest BCUT2D eigenvalue weighted by Gasteiger charge is -2.11. The van der Waals surface area contributed by atoms with E-state index in [-0.39, 0.29) is 5.91 Å². The fourth-order valence-electron chi connectivity index (χ4n) is 4.04. The van der Waals surface area contributed by atoms with E-state index in [1.165, 1.54) is 70.7 Å². The summed E-state index contributed by atoms with van der Waals surface area (Å²) < 4.78 is 0. The number of carbonyl (C=O) groups is 1. The summed E-state index contributed by atoms with van der Waals surface area (Å²) in [5.74, 6) is -0.109. The smallest absolute Gasteiger partial charge is 0.243 e. The van der Waals surface area contributed by atoms with E-state index in [1.54, 1.807) is 0 Å². The van der Waals surface area contributed by atoms with Crippen molar-refractivity contribution in [2.75, 3.05) is 6.54 Å². The molecule has 0 aliphatic carbocycles. The van der Waals surface area contributed by atoms with E-state index in [1.807, 2.05) is 0 Å². The van der Waals surface area contributed by atoms with Crippen molar-refractivity contribution in [3.63, 3.8) is 0 Å². The van der Waals surface area contributed by atoms with Crippen LogP contribution in [0.4, 0.5) is 0 Å². The Balaban J connectivity index is 1.62. The van der Waals surface area contributed by atoms with Gasteiger partial charge in [-0.25, -0.2) is 0 Å². The zero-order valence-corrected chi connectivity index (χ0v) is 19.5. The first-order valence-electron chi connectivity index (χ1n) is 11.8. The van der Waals surface area contributed by atoms with Crippen LogP contribution in [0.1, 0.15) is 49.3 Å². The Morgan fingerprint density at radius 1 is 0.812 bits per heavy atom. The Kier molecular flexibility index (Phi) is 8.86. The monoisotopic (exact) mass is 425 g/mol. The predicted octanol–water partition coefficient (Wildman–Crippen LogP) is 7.30. The molecule has 3 aromatic rings. The van der Waals surface area contributed by atoms with Crippen molar-refractivity contribution in [1.82, 2.24) is 5.32 Å². The van der Waals surface area contributed by atoms with Gasteiger partial charge in [-0.15, -0.1) is 0 Å². The van der Waals surface area contributed by atoms with Gasteiger partial charge in [0.05, 0.1) is 0 Å². The van der Waals surface area contributed by atoms with Crippen molar-refractivity contribution in [1.29, 1.82) is 0 Å². The summed E-state index contributed by atoms with van der Waals surface area (Å²) in [6, 6.07) is 24.6. The second kappa shape index (κ2) is 12.0. The van der Waals surface area contributed by atoms with E-state index < -0.39 is 0 Å². The highest BCUT2D eigenvalue weighted by atomic mass is 16.1. The number of hydrogen-bond acceptors (Lipinski definition) is 1. The number of unbranched alkanes of at least 4 members (excludes halogenated alkanes) is 2. The van der Waals surface area contributed by atoms with Crippen LogP contribution in [-0.2, 0) is 17.6 Å². The second-order valence-electron chi connectivity index (χ2n) is 8.48. The van der Waals surface area contributed by atoms with Gasteiger partial charge in [0.1, 0.15) is 0 Å². The van der Waals surface area contributed by atoms with Crippen molar-refractivity contribution in [2.24, 2.45) is 0 Å². The van der Waals surface area contributed by atoms with Gasteiger partial charge in [0.2, 0.25) is 5.91 Å². The fourth-order valence-corrected chi connectivity index (χ4v) is 4.04. The van der Waals surface area contributed by atoms with Crippen molar-refractivity contribution in [3.8, 4) is 22.3 Å². The SMILES string of the molecule is C=CC(=O)NCCCc1ccc(-c2ccc(-c3ccc(CCCCC)cc3)cc2C)cc1. The molecular weight excluding hydrogens is 390 g/mol. The Morgan fingerprint density at radius 2 is 1.41 bits per heavy atom. The lowest BCUT2D eigenvalue weighted by Crippen LogP contribution is -2.22. The second-order valence-corrected chi connectivity index (χ2v) is 8.48. The first-order valence-corrected chi connectivity index (χ1v) is 11.8. The Morgan fingerprint density at radius 3 is 2.00 bits per heavy atom. The van der Waals surface area contributed by atoms with Gasteiger partial charge in [-0.2, -0.15) is 0 Å². The molecule has 2 heteroatoms. The first kappa shape index (κ1) is 23.5. The number of nitrogens with one attached hydrogen (secondary N) is 1. The molecule has 0 saturated carbocycles. The molecule has 0 aromatic heterocycles. The van der Waals surface area contributed by atoms with Crippen LogP contribution >= 0.6 is 0 Å². The largest absolute Gasteiger partial charge is 0.353 e. The first-order chi connectivity index (χ1) is 15.6. The minimum Gasteiger partial charge on any atom is -0.353 e. The minimum absolute atomic E-state index is 0.109. The molecule has 1 amide bonds. The number of aryl methyl sites for hydroxylation is 3. The molecule has 0 fully saturated rings. The molecule has 0 aliphatic heterocycles. The van der Waals surface area contributed by atoms with Crippen LogP contribution in [0, 0.1) is 6.92 Å². The van der Waals surface area contributed by atoms with E-state index >= 15 is 0 Å². The number of rotatable bonds is 11. The summed E-state index contributed by atoms with van der Waals surface area (Å²) in [5.41, 5.74) is 9.06. The molecule has 0 heterocycles. The molecule has 0 unspecified atom stereocenters. The van der Waals surface area contributed by atoms with Gasteiger partial charge >= 0.3 is 0 Å². The van der Waals surface area contributed by atoms with Crippen molar-refractivity contribution in [2.45, 2.75) is 52.4 Å². The maximum atomic E-state index is 11.2. The van der Waals surface area contributed by atoms with E-state index in [4.69, 9.17) is 0 Å². The highest BCUT2D eigenvalue weighted by molar-refractivity contribution is 5.86. The topological polar surface area (TPSA) is 29.1 Å². The molecule has 3 aromatic carbocycles. The van der Waals surface area contributed by atoms with Crippen molar-refractivity contribution < 1.29 is 4.79 Å². The Bertz CT molecular complexity index is 1020. The average molecular weight is 426 g/mol. The molecule has 2 nitrogen and oxygen atoms in total. The van der Waals surface area contributed by atoms with Crippen LogP contribution in [0.2, 0.25) is 0 Å². The molecule has 0 bridgehead atoms. The molecule has 32 heavy (non-hydrogen) atoms. The molecule has 3 rings (SSSR count). The lowest BCUT2D eigenvalue weighted by molar-refractivity contribution is -0.116. The van der Waals surface area contributed by atoms with Crippen LogP contribution in [-0.4, -0.2) is 12.5 Å². The van der Waals surface area contributed by atoms with Crippen LogP contribution in [0.3, 0.4) is 0 Å². The molecule has 0 spiro atoms. The van der Waals surface area contributed by atoms with Crippen LogP contribution in [0.25, 0.3) is 22.3 Å². The normalized spacial score (nSPS) is 10.7. The number of hydrogen-bond donors (Lipinski definition) is 1. The fraction of sp³-hybridized carbons (Fsp3) is 0.300. The van der Waals surface area contributed by atoms with Crippen LogP contribution < -0.4 is 5.32 Å². The van der Waals surface area contributed by atoms with E-state index in [0.29, 0.717) is 6.54 Å². The summed E-state index contributed by atoms with van der Waals surface area (Å²) in [5, 5.41) is 2.82.